The fourth-order valence-corrected chi connectivity index (χ4v) is 0. The van der Waals surface area contributed by atoms with E-state index in [1.807, 2.05) is 0 Å². The van der Waals surface area contributed by atoms with Crippen molar-refractivity contribution in [2.75, 3.05) is 0 Å². The first-order valence-electron chi connectivity index (χ1n) is 1.73. The Labute approximate surface area is 57.9 Å². The van der Waals surface area contributed by atoms with Crippen LogP contribution < -0.4 is 0 Å². The first-order chi connectivity index (χ1) is 1.73. The van der Waals surface area contributed by atoms with Gasteiger partial charge in [-0.3, -0.25) is 0 Å². The van der Waals surface area contributed by atoms with Gasteiger partial charge in [-0.1, -0.05) is 19.6 Å². The van der Waals surface area contributed by atoms with E-state index in [0.717, 1.165) is 0 Å². The molecular formula is C3H10NaSi. The molecule has 0 spiro atoms. The molecule has 1 radical (unpaired) electrons. The third-order valence-corrected chi connectivity index (χ3v) is 0. The third kappa shape index (κ3) is 36.5. The summed E-state index contributed by atoms with van der Waals surface area (Å²) in [6.45, 7) is 6.92. The number of hydrogen-bond acceptors (Lipinski definition) is 0. The molecule has 0 saturated heterocycles. The zero-order valence-corrected chi connectivity index (χ0v) is 7.73. The molecule has 0 aliphatic rings. The maximum Gasteiger partial charge on any atom is 0.0274 e. The van der Waals surface area contributed by atoms with E-state index in [-0.39, 0.29) is 38.4 Å². The monoisotopic (exact) mass is 97.0 g/mol. The summed E-state index contributed by atoms with van der Waals surface area (Å²) in [6.07, 6.45) is 0. The zero-order valence-electron chi connectivity index (χ0n) is 4.58. The van der Waals surface area contributed by atoms with Crippen LogP contribution in [0.15, 0.2) is 0 Å². The van der Waals surface area contributed by atoms with Gasteiger partial charge in [-0.05, 0) is 0 Å². The van der Waals surface area contributed by atoms with Crippen molar-refractivity contribution < 1.29 is 0 Å². The Morgan fingerprint density at radius 2 is 1.00 bits per heavy atom. The zero-order chi connectivity index (χ0) is 3.58. The van der Waals surface area contributed by atoms with Gasteiger partial charge in [0.2, 0.25) is 0 Å². The maximum atomic E-state index is 2.31. The quantitative estimate of drug-likeness (QED) is 0.391. The molecule has 0 N–H and O–H groups in total. The van der Waals surface area contributed by atoms with E-state index in [0.29, 0.717) is 0 Å². The summed E-state index contributed by atoms with van der Waals surface area (Å²) in [7, 11) is -0.139. The Morgan fingerprint density at radius 3 is 1.00 bits per heavy atom. The van der Waals surface area contributed by atoms with Crippen LogP contribution in [0.4, 0.5) is 0 Å². The van der Waals surface area contributed by atoms with Gasteiger partial charge in [0.25, 0.3) is 0 Å². The molecule has 0 aliphatic carbocycles. The summed E-state index contributed by atoms with van der Waals surface area (Å²) in [6, 6.07) is 0. The van der Waals surface area contributed by atoms with Crippen LogP contribution in [-0.4, -0.2) is 38.4 Å². The maximum absolute atomic E-state index is 2.31. The second-order valence-corrected chi connectivity index (χ2v) is 5.20. The molecule has 0 aromatic carbocycles. The van der Waals surface area contributed by atoms with Crippen LogP contribution in [0, 0.1) is 0 Å². The predicted molar refractivity (Wildman–Crippen MR) is 30.5 cm³/mol. The van der Waals surface area contributed by atoms with Crippen LogP contribution in [0.3, 0.4) is 0 Å². The Kier molecular flexibility index (Phi) is 9.93. The molecule has 2 heteroatoms. The Bertz CT molecular complexity index is 11.6. The van der Waals surface area contributed by atoms with Gasteiger partial charge < -0.3 is 0 Å². The van der Waals surface area contributed by atoms with E-state index in [2.05, 4.69) is 19.6 Å². The van der Waals surface area contributed by atoms with Gasteiger partial charge in [-0.2, -0.15) is 0 Å². The van der Waals surface area contributed by atoms with Crippen molar-refractivity contribution in [3.05, 3.63) is 0 Å². The molecular weight excluding hydrogens is 87.1 g/mol. The largest absolute Gasteiger partial charge is 0.0724 e. The van der Waals surface area contributed by atoms with Gasteiger partial charge in [-0.15, -0.1) is 0 Å². The van der Waals surface area contributed by atoms with Crippen molar-refractivity contribution in [1.82, 2.24) is 0 Å². The van der Waals surface area contributed by atoms with Crippen LogP contribution in [0.25, 0.3) is 0 Å². The molecule has 0 bridgehead atoms. The van der Waals surface area contributed by atoms with Gasteiger partial charge in [-0.25, -0.2) is 0 Å². The molecule has 0 aliphatic heterocycles. The van der Waals surface area contributed by atoms with Crippen molar-refractivity contribution in [2.24, 2.45) is 0 Å². The van der Waals surface area contributed by atoms with Crippen LogP contribution in [-0.2, 0) is 0 Å². The summed E-state index contributed by atoms with van der Waals surface area (Å²) in [5, 5.41) is 0. The van der Waals surface area contributed by atoms with Crippen molar-refractivity contribution >= 4 is 38.4 Å². The van der Waals surface area contributed by atoms with Crippen molar-refractivity contribution in [1.29, 1.82) is 0 Å². The molecule has 0 fully saturated rings. The number of hydrogen-bond donors (Lipinski definition) is 0. The van der Waals surface area contributed by atoms with E-state index in [4.69, 9.17) is 0 Å². The van der Waals surface area contributed by atoms with Crippen LogP contribution in [0.5, 0.6) is 0 Å². The molecule has 5 heavy (non-hydrogen) atoms. The minimum atomic E-state index is -0.139. The summed E-state index contributed by atoms with van der Waals surface area (Å²) >= 11 is 0. The summed E-state index contributed by atoms with van der Waals surface area (Å²) < 4.78 is 0. The fraction of sp³-hybridized carbons (Fsp3) is 1.00. The normalized spacial score (nSPS) is 7.20. The minimum absolute atomic E-state index is 0. The molecule has 0 atom stereocenters. The van der Waals surface area contributed by atoms with Gasteiger partial charge in [0.1, 0.15) is 0 Å². The Morgan fingerprint density at radius 1 is 1.00 bits per heavy atom. The Balaban J connectivity index is 0. The standard InChI is InChI=1S/C3H10Si.Na/c1-4(2)3;/h4H,1-3H3;. The SMILES string of the molecule is C[SiH](C)C.[Na]. The molecule has 0 unspecified atom stereocenters. The molecule has 0 rings (SSSR count). The first kappa shape index (κ1) is 9.52. The minimum Gasteiger partial charge on any atom is -0.0724 e. The molecule has 0 heterocycles. The molecule has 0 nitrogen and oxygen atoms in total. The fourth-order valence-electron chi connectivity index (χ4n) is 0. The topological polar surface area (TPSA) is 0 Å². The smallest absolute Gasteiger partial charge is 0.0274 e. The van der Waals surface area contributed by atoms with Crippen LogP contribution in [0.2, 0.25) is 19.6 Å². The van der Waals surface area contributed by atoms with Gasteiger partial charge in [0.15, 0.2) is 0 Å². The van der Waals surface area contributed by atoms with E-state index < -0.39 is 0 Å². The van der Waals surface area contributed by atoms with Crippen LogP contribution >= 0.6 is 0 Å². The summed E-state index contributed by atoms with van der Waals surface area (Å²) in [5.41, 5.74) is 0. The Hall–Kier alpha value is 1.22. The predicted octanol–water partition coefficient (Wildman–Crippen LogP) is 0.722. The molecule has 0 saturated carbocycles. The number of rotatable bonds is 0. The van der Waals surface area contributed by atoms with E-state index >= 15 is 0 Å². The van der Waals surface area contributed by atoms with Gasteiger partial charge >= 0.3 is 0 Å². The summed E-state index contributed by atoms with van der Waals surface area (Å²) in [5.74, 6) is 0. The average Bonchev–Trinajstić information content (AvgIpc) is 0.811. The summed E-state index contributed by atoms with van der Waals surface area (Å²) in [4.78, 5) is 0. The molecule has 0 aromatic heterocycles. The average molecular weight is 97.2 g/mol. The van der Waals surface area contributed by atoms with Crippen molar-refractivity contribution in [3.8, 4) is 0 Å². The van der Waals surface area contributed by atoms with Crippen molar-refractivity contribution in [3.63, 3.8) is 0 Å². The van der Waals surface area contributed by atoms with Gasteiger partial charge in [0.05, 0.1) is 0 Å². The third-order valence-electron chi connectivity index (χ3n) is 0. The molecule has 27 valence electrons. The molecule has 0 amide bonds. The molecule has 0 aromatic rings. The van der Waals surface area contributed by atoms with Crippen molar-refractivity contribution in [2.45, 2.75) is 19.6 Å². The van der Waals surface area contributed by atoms with Crippen LogP contribution in [0.1, 0.15) is 0 Å². The van der Waals surface area contributed by atoms with E-state index in [9.17, 15) is 0 Å². The van der Waals surface area contributed by atoms with E-state index in [1.165, 1.54) is 0 Å². The van der Waals surface area contributed by atoms with E-state index in [1.54, 1.807) is 0 Å². The second kappa shape index (κ2) is 5.22. The van der Waals surface area contributed by atoms with Gasteiger partial charge in [0, 0.05) is 38.4 Å². The second-order valence-electron chi connectivity index (χ2n) is 1.73. The first-order valence-corrected chi connectivity index (χ1v) is 5.20.